The first kappa shape index (κ1) is 13.2. The van der Waals surface area contributed by atoms with Gasteiger partial charge in [-0.05, 0) is 32.0 Å². The molecule has 1 saturated heterocycles. The maximum atomic E-state index is 13.1. The van der Waals surface area contributed by atoms with Crippen LogP contribution in [0.1, 0.15) is 24.2 Å². The average Bonchev–Trinajstić information content (AvgIpc) is 2.30. The van der Waals surface area contributed by atoms with E-state index in [1.54, 1.807) is 4.90 Å². The van der Waals surface area contributed by atoms with Crippen molar-refractivity contribution in [2.75, 3.05) is 18.8 Å². The third kappa shape index (κ3) is 2.77. The fraction of sp³-hybridized carbons (Fsp3) is 0.462. The lowest BCUT2D eigenvalue weighted by atomic mass is 10.1. The lowest BCUT2D eigenvalue weighted by Gasteiger charge is -2.37. The standard InChI is InChI=1S/C13H16FNO2S/c1-13(2)8-15(5-6-18-13)12(17)10-7-9(14)3-4-11(10)16/h3-4,7,16H,5-6,8H2,1-2H3. The highest BCUT2D eigenvalue weighted by atomic mass is 32.2. The van der Waals surface area contributed by atoms with Crippen LogP contribution in [0, 0.1) is 5.82 Å². The van der Waals surface area contributed by atoms with Crippen LogP contribution in [0.4, 0.5) is 4.39 Å². The summed E-state index contributed by atoms with van der Waals surface area (Å²) in [6.07, 6.45) is 0. The molecule has 0 aromatic heterocycles. The van der Waals surface area contributed by atoms with Crippen LogP contribution in [0.5, 0.6) is 5.75 Å². The topological polar surface area (TPSA) is 40.5 Å². The minimum atomic E-state index is -0.512. The summed E-state index contributed by atoms with van der Waals surface area (Å²) in [4.78, 5) is 13.9. The van der Waals surface area contributed by atoms with E-state index in [0.29, 0.717) is 13.1 Å². The van der Waals surface area contributed by atoms with Crippen LogP contribution in [0.25, 0.3) is 0 Å². The number of nitrogens with zero attached hydrogens (tertiary/aromatic N) is 1. The zero-order valence-corrected chi connectivity index (χ0v) is 11.3. The van der Waals surface area contributed by atoms with Gasteiger partial charge in [-0.1, -0.05) is 0 Å². The fourth-order valence-corrected chi connectivity index (χ4v) is 3.15. The molecule has 0 atom stereocenters. The van der Waals surface area contributed by atoms with Crippen molar-refractivity contribution in [3.05, 3.63) is 29.6 Å². The summed E-state index contributed by atoms with van der Waals surface area (Å²) in [5.41, 5.74) is 0.0395. The van der Waals surface area contributed by atoms with Crippen LogP contribution in [0.15, 0.2) is 18.2 Å². The van der Waals surface area contributed by atoms with E-state index in [2.05, 4.69) is 13.8 Å². The highest BCUT2D eigenvalue weighted by Crippen LogP contribution is 2.31. The molecule has 1 N–H and O–H groups in total. The van der Waals surface area contributed by atoms with Crippen molar-refractivity contribution in [1.82, 2.24) is 4.90 Å². The zero-order valence-electron chi connectivity index (χ0n) is 10.4. The number of hydrogen-bond donors (Lipinski definition) is 1. The predicted octanol–water partition coefficient (Wildman–Crippen LogP) is 2.50. The zero-order chi connectivity index (χ0) is 13.3. The molecule has 1 aliphatic rings. The number of amides is 1. The predicted molar refractivity (Wildman–Crippen MR) is 70.5 cm³/mol. The Morgan fingerprint density at radius 1 is 1.50 bits per heavy atom. The fourth-order valence-electron chi connectivity index (χ4n) is 2.04. The SMILES string of the molecule is CC1(C)CN(C(=O)c2cc(F)ccc2O)CCS1. The Kier molecular flexibility index (Phi) is 3.52. The smallest absolute Gasteiger partial charge is 0.257 e. The lowest BCUT2D eigenvalue weighted by molar-refractivity contribution is 0.0744. The van der Waals surface area contributed by atoms with Gasteiger partial charge in [0.15, 0.2) is 0 Å². The second-order valence-corrected chi connectivity index (χ2v) is 6.80. The summed E-state index contributed by atoms with van der Waals surface area (Å²) in [5, 5.41) is 9.65. The maximum Gasteiger partial charge on any atom is 0.257 e. The summed E-state index contributed by atoms with van der Waals surface area (Å²) in [6, 6.07) is 3.45. The van der Waals surface area contributed by atoms with Gasteiger partial charge in [0.1, 0.15) is 11.6 Å². The van der Waals surface area contributed by atoms with Gasteiger partial charge >= 0.3 is 0 Å². The van der Waals surface area contributed by atoms with Gasteiger partial charge in [0.05, 0.1) is 5.56 Å². The number of phenols is 1. The molecule has 0 unspecified atom stereocenters. The first-order valence-corrected chi connectivity index (χ1v) is 6.79. The van der Waals surface area contributed by atoms with E-state index in [1.807, 2.05) is 11.8 Å². The molecule has 5 heteroatoms. The molecule has 1 aliphatic heterocycles. The van der Waals surface area contributed by atoms with Gasteiger partial charge < -0.3 is 10.0 Å². The van der Waals surface area contributed by atoms with E-state index in [9.17, 15) is 14.3 Å². The van der Waals surface area contributed by atoms with Gasteiger partial charge in [0.25, 0.3) is 5.91 Å². The Labute approximate surface area is 110 Å². The maximum absolute atomic E-state index is 13.1. The number of thioether (sulfide) groups is 1. The molecule has 3 nitrogen and oxygen atoms in total. The number of carbonyl (C=O) groups is 1. The molecular weight excluding hydrogens is 253 g/mol. The van der Waals surface area contributed by atoms with E-state index in [-0.39, 0.29) is 22.0 Å². The van der Waals surface area contributed by atoms with Crippen molar-refractivity contribution in [2.45, 2.75) is 18.6 Å². The quantitative estimate of drug-likeness (QED) is 0.851. The van der Waals surface area contributed by atoms with Crippen LogP contribution in [-0.4, -0.2) is 39.5 Å². The normalized spacial score (nSPS) is 18.7. The molecular formula is C13H16FNO2S. The molecule has 1 aromatic carbocycles. The van der Waals surface area contributed by atoms with Crippen LogP contribution < -0.4 is 0 Å². The Bertz CT molecular complexity index is 476. The largest absolute Gasteiger partial charge is 0.507 e. The molecule has 1 aromatic rings. The second-order valence-electron chi connectivity index (χ2n) is 5.00. The molecule has 0 spiro atoms. The molecule has 1 heterocycles. The Morgan fingerprint density at radius 3 is 2.89 bits per heavy atom. The summed E-state index contributed by atoms with van der Waals surface area (Å²) < 4.78 is 13.1. The van der Waals surface area contributed by atoms with E-state index in [4.69, 9.17) is 0 Å². The van der Waals surface area contributed by atoms with Crippen molar-refractivity contribution in [3.63, 3.8) is 0 Å². The highest BCUT2D eigenvalue weighted by Gasteiger charge is 2.31. The van der Waals surface area contributed by atoms with Gasteiger partial charge in [-0.25, -0.2) is 4.39 Å². The molecule has 0 bridgehead atoms. The van der Waals surface area contributed by atoms with Crippen molar-refractivity contribution in [3.8, 4) is 5.75 Å². The van der Waals surface area contributed by atoms with E-state index in [0.717, 1.165) is 17.9 Å². The highest BCUT2D eigenvalue weighted by molar-refractivity contribution is 8.00. The number of hydrogen-bond acceptors (Lipinski definition) is 3. The lowest BCUT2D eigenvalue weighted by Crippen LogP contribution is -2.46. The van der Waals surface area contributed by atoms with Gasteiger partial charge in [-0.15, -0.1) is 0 Å². The molecule has 1 amide bonds. The number of benzene rings is 1. The molecule has 0 saturated carbocycles. The van der Waals surface area contributed by atoms with Gasteiger partial charge in [0, 0.05) is 23.6 Å². The van der Waals surface area contributed by atoms with Crippen LogP contribution in [-0.2, 0) is 0 Å². The van der Waals surface area contributed by atoms with Crippen LogP contribution in [0.3, 0.4) is 0 Å². The number of aromatic hydroxyl groups is 1. The first-order chi connectivity index (χ1) is 8.39. The van der Waals surface area contributed by atoms with Gasteiger partial charge in [-0.3, -0.25) is 4.79 Å². The average molecular weight is 269 g/mol. The van der Waals surface area contributed by atoms with Crippen LogP contribution in [0.2, 0.25) is 0 Å². The number of rotatable bonds is 1. The minimum absolute atomic E-state index is 0.00312. The molecule has 18 heavy (non-hydrogen) atoms. The summed E-state index contributed by atoms with van der Waals surface area (Å²) in [7, 11) is 0. The van der Waals surface area contributed by atoms with Gasteiger partial charge in [-0.2, -0.15) is 11.8 Å². The van der Waals surface area contributed by atoms with E-state index < -0.39 is 5.82 Å². The second kappa shape index (κ2) is 4.80. The summed E-state index contributed by atoms with van der Waals surface area (Å²) in [5.74, 6) is -0.131. The van der Waals surface area contributed by atoms with Crippen LogP contribution >= 0.6 is 11.8 Å². The van der Waals surface area contributed by atoms with E-state index >= 15 is 0 Å². The summed E-state index contributed by atoms with van der Waals surface area (Å²) in [6.45, 7) is 5.38. The molecule has 2 rings (SSSR count). The summed E-state index contributed by atoms with van der Waals surface area (Å²) >= 11 is 1.81. The Morgan fingerprint density at radius 2 is 2.22 bits per heavy atom. The third-order valence-corrected chi connectivity index (χ3v) is 4.20. The minimum Gasteiger partial charge on any atom is -0.507 e. The molecule has 98 valence electrons. The van der Waals surface area contributed by atoms with Crippen molar-refractivity contribution < 1.29 is 14.3 Å². The molecule has 0 aliphatic carbocycles. The van der Waals surface area contributed by atoms with E-state index in [1.165, 1.54) is 6.07 Å². The Balaban J connectivity index is 2.23. The molecule has 0 radical (unpaired) electrons. The number of carbonyl (C=O) groups excluding carboxylic acids is 1. The Hall–Kier alpha value is -1.23. The number of phenolic OH excluding ortho intramolecular Hbond substituents is 1. The van der Waals surface area contributed by atoms with Crippen molar-refractivity contribution in [2.24, 2.45) is 0 Å². The third-order valence-electron chi connectivity index (χ3n) is 2.90. The van der Waals surface area contributed by atoms with Crippen molar-refractivity contribution in [1.29, 1.82) is 0 Å². The monoisotopic (exact) mass is 269 g/mol. The molecule has 1 fully saturated rings. The first-order valence-electron chi connectivity index (χ1n) is 5.81. The van der Waals surface area contributed by atoms with Crippen molar-refractivity contribution >= 4 is 17.7 Å². The van der Waals surface area contributed by atoms with Gasteiger partial charge in [0.2, 0.25) is 0 Å². The number of halogens is 1.